The Kier molecular flexibility index (Phi) is 4.74. The average Bonchev–Trinajstić information content (AvgIpc) is 3.23. The molecule has 2 heterocycles. The van der Waals surface area contributed by atoms with Crippen LogP contribution in [-0.4, -0.2) is 43.3 Å². The Bertz CT molecular complexity index is 726. The van der Waals surface area contributed by atoms with Gasteiger partial charge in [0.25, 0.3) is 0 Å². The highest BCUT2D eigenvalue weighted by Crippen LogP contribution is 2.36. The number of hydrogen-bond donors (Lipinski definition) is 0. The van der Waals surface area contributed by atoms with Crippen molar-refractivity contribution in [3.63, 3.8) is 0 Å². The standard InChI is InChI=1S/C18H22N2O4/c1-12-8-15(24-19-12)10-18(21)20-7-6-13(11-20)16-9-14(22-2)4-5-17(16)23-3/h4-5,8-9,13H,6-7,10-11H2,1-3H3/t13-/m0/s1. The van der Waals surface area contributed by atoms with Crippen molar-refractivity contribution in [1.82, 2.24) is 10.1 Å². The third kappa shape index (κ3) is 3.37. The van der Waals surface area contributed by atoms with Crippen molar-refractivity contribution in [2.24, 2.45) is 0 Å². The lowest BCUT2D eigenvalue weighted by atomic mass is 9.97. The first-order valence-electron chi connectivity index (χ1n) is 8.02. The number of ether oxygens (including phenoxy) is 2. The van der Waals surface area contributed by atoms with Gasteiger partial charge in [-0.25, -0.2) is 0 Å². The van der Waals surface area contributed by atoms with Gasteiger partial charge in [0.05, 0.1) is 26.3 Å². The molecular formula is C18H22N2O4. The van der Waals surface area contributed by atoms with Gasteiger partial charge >= 0.3 is 0 Å². The maximum absolute atomic E-state index is 12.5. The van der Waals surface area contributed by atoms with Crippen LogP contribution in [0.5, 0.6) is 11.5 Å². The van der Waals surface area contributed by atoms with Gasteiger partial charge in [-0.1, -0.05) is 5.16 Å². The molecule has 1 aromatic carbocycles. The highest BCUT2D eigenvalue weighted by Gasteiger charge is 2.29. The Balaban J connectivity index is 1.69. The largest absolute Gasteiger partial charge is 0.497 e. The highest BCUT2D eigenvalue weighted by molar-refractivity contribution is 5.78. The number of aromatic nitrogens is 1. The molecule has 0 saturated carbocycles. The maximum Gasteiger partial charge on any atom is 0.230 e. The van der Waals surface area contributed by atoms with E-state index in [1.165, 1.54) is 0 Å². The summed E-state index contributed by atoms with van der Waals surface area (Å²) in [4.78, 5) is 14.3. The summed E-state index contributed by atoms with van der Waals surface area (Å²) in [7, 11) is 3.31. The van der Waals surface area contributed by atoms with Gasteiger partial charge < -0.3 is 18.9 Å². The van der Waals surface area contributed by atoms with E-state index in [2.05, 4.69) is 5.16 Å². The molecule has 24 heavy (non-hydrogen) atoms. The van der Waals surface area contributed by atoms with Crippen molar-refractivity contribution in [3.05, 3.63) is 41.3 Å². The van der Waals surface area contributed by atoms with Crippen LogP contribution in [0, 0.1) is 6.92 Å². The monoisotopic (exact) mass is 330 g/mol. The fourth-order valence-corrected chi connectivity index (χ4v) is 3.16. The van der Waals surface area contributed by atoms with Crippen molar-refractivity contribution in [1.29, 1.82) is 0 Å². The molecule has 0 N–H and O–H groups in total. The predicted molar refractivity (Wildman–Crippen MR) is 88.4 cm³/mol. The summed E-state index contributed by atoms with van der Waals surface area (Å²) in [6.45, 7) is 3.25. The van der Waals surface area contributed by atoms with Crippen LogP contribution in [0.15, 0.2) is 28.8 Å². The molecule has 1 atom stereocenters. The van der Waals surface area contributed by atoms with E-state index in [0.717, 1.165) is 35.7 Å². The summed E-state index contributed by atoms with van der Waals surface area (Å²) >= 11 is 0. The second-order valence-electron chi connectivity index (χ2n) is 6.04. The minimum atomic E-state index is 0.0653. The van der Waals surface area contributed by atoms with Crippen LogP contribution in [0.3, 0.4) is 0 Å². The molecule has 1 aliphatic rings. The third-order valence-electron chi connectivity index (χ3n) is 4.42. The van der Waals surface area contributed by atoms with Crippen LogP contribution in [0.25, 0.3) is 0 Å². The zero-order valence-corrected chi connectivity index (χ0v) is 14.2. The van der Waals surface area contributed by atoms with E-state index in [4.69, 9.17) is 14.0 Å². The quantitative estimate of drug-likeness (QED) is 0.843. The van der Waals surface area contributed by atoms with Gasteiger partial charge in [-0.2, -0.15) is 0 Å². The fraction of sp³-hybridized carbons (Fsp3) is 0.444. The van der Waals surface area contributed by atoms with Crippen molar-refractivity contribution in [3.8, 4) is 11.5 Å². The number of rotatable bonds is 5. The smallest absolute Gasteiger partial charge is 0.230 e. The summed E-state index contributed by atoms with van der Waals surface area (Å²) in [6.07, 6.45) is 1.16. The van der Waals surface area contributed by atoms with E-state index < -0.39 is 0 Å². The second kappa shape index (κ2) is 6.95. The summed E-state index contributed by atoms with van der Waals surface area (Å²) in [6, 6.07) is 7.59. The lowest BCUT2D eigenvalue weighted by molar-refractivity contribution is -0.129. The number of aryl methyl sites for hydroxylation is 1. The lowest BCUT2D eigenvalue weighted by Crippen LogP contribution is -2.29. The van der Waals surface area contributed by atoms with Gasteiger partial charge in [0, 0.05) is 30.6 Å². The van der Waals surface area contributed by atoms with E-state index in [0.29, 0.717) is 12.3 Å². The van der Waals surface area contributed by atoms with Crippen molar-refractivity contribution in [2.45, 2.75) is 25.7 Å². The van der Waals surface area contributed by atoms with Crippen LogP contribution in [0.4, 0.5) is 0 Å². The van der Waals surface area contributed by atoms with Crippen LogP contribution < -0.4 is 9.47 Å². The number of methoxy groups -OCH3 is 2. The topological polar surface area (TPSA) is 64.8 Å². The lowest BCUT2D eigenvalue weighted by Gasteiger charge is -2.18. The molecule has 0 bridgehead atoms. The van der Waals surface area contributed by atoms with Crippen LogP contribution in [0.2, 0.25) is 0 Å². The predicted octanol–water partition coefficient (Wildman–Crippen LogP) is 2.56. The van der Waals surface area contributed by atoms with E-state index in [1.807, 2.05) is 30.0 Å². The minimum Gasteiger partial charge on any atom is -0.497 e. The number of likely N-dealkylation sites (tertiary alicyclic amines) is 1. The molecule has 6 nitrogen and oxygen atoms in total. The van der Waals surface area contributed by atoms with E-state index >= 15 is 0 Å². The SMILES string of the molecule is COc1ccc(OC)c([C@H]2CCN(C(=O)Cc3cc(C)no3)C2)c1. The maximum atomic E-state index is 12.5. The van der Waals surface area contributed by atoms with Gasteiger partial charge in [0.15, 0.2) is 0 Å². The number of hydrogen-bond acceptors (Lipinski definition) is 5. The Morgan fingerprint density at radius 1 is 1.33 bits per heavy atom. The van der Waals surface area contributed by atoms with Crippen molar-refractivity contribution in [2.75, 3.05) is 27.3 Å². The molecule has 1 aliphatic heterocycles. The van der Waals surface area contributed by atoms with E-state index in [-0.39, 0.29) is 18.2 Å². The molecule has 0 unspecified atom stereocenters. The van der Waals surface area contributed by atoms with Gasteiger partial charge in [-0.3, -0.25) is 4.79 Å². The zero-order chi connectivity index (χ0) is 17.1. The molecule has 3 rings (SSSR count). The molecule has 0 aliphatic carbocycles. The Morgan fingerprint density at radius 2 is 2.17 bits per heavy atom. The van der Waals surface area contributed by atoms with Crippen LogP contribution in [0.1, 0.15) is 29.4 Å². The van der Waals surface area contributed by atoms with Gasteiger partial charge in [-0.15, -0.1) is 0 Å². The van der Waals surface area contributed by atoms with Crippen LogP contribution >= 0.6 is 0 Å². The molecule has 0 spiro atoms. The van der Waals surface area contributed by atoms with E-state index in [9.17, 15) is 4.79 Å². The molecule has 0 radical (unpaired) electrons. The van der Waals surface area contributed by atoms with Gasteiger partial charge in [-0.05, 0) is 31.5 Å². The summed E-state index contributed by atoms with van der Waals surface area (Å²) in [5, 5.41) is 3.82. The Morgan fingerprint density at radius 3 is 2.83 bits per heavy atom. The first-order valence-corrected chi connectivity index (χ1v) is 8.02. The number of nitrogens with zero attached hydrogens (tertiary/aromatic N) is 2. The molecule has 2 aromatic rings. The molecule has 128 valence electrons. The number of carbonyl (C=O) groups excluding carboxylic acids is 1. The zero-order valence-electron chi connectivity index (χ0n) is 14.2. The molecule has 6 heteroatoms. The normalized spacial score (nSPS) is 17.1. The first-order chi connectivity index (χ1) is 11.6. The van der Waals surface area contributed by atoms with Crippen molar-refractivity contribution < 1.29 is 18.8 Å². The molecule has 1 aromatic heterocycles. The highest BCUT2D eigenvalue weighted by atomic mass is 16.5. The van der Waals surface area contributed by atoms with Crippen LogP contribution in [-0.2, 0) is 11.2 Å². The Hall–Kier alpha value is -2.50. The fourth-order valence-electron chi connectivity index (χ4n) is 3.16. The molecule has 1 fully saturated rings. The van der Waals surface area contributed by atoms with Crippen molar-refractivity contribution >= 4 is 5.91 Å². The molecular weight excluding hydrogens is 308 g/mol. The Labute approximate surface area is 141 Å². The summed E-state index contributed by atoms with van der Waals surface area (Å²) < 4.78 is 15.9. The third-order valence-corrected chi connectivity index (χ3v) is 4.42. The number of benzene rings is 1. The molecule has 1 amide bonds. The number of carbonyl (C=O) groups is 1. The van der Waals surface area contributed by atoms with Gasteiger partial charge in [0.2, 0.25) is 5.91 Å². The van der Waals surface area contributed by atoms with E-state index in [1.54, 1.807) is 20.3 Å². The van der Waals surface area contributed by atoms with Gasteiger partial charge in [0.1, 0.15) is 17.3 Å². The molecule has 1 saturated heterocycles. The summed E-state index contributed by atoms with van der Waals surface area (Å²) in [5.41, 5.74) is 1.88. The first kappa shape index (κ1) is 16.4. The summed E-state index contributed by atoms with van der Waals surface area (Å²) in [5.74, 6) is 2.56. The number of amides is 1. The second-order valence-corrected chi connectivity index (χ2v) is 6.04. The minimum absolute atomic E-state index is 0.0653. The average molecular weight is 330 g/mol.